The Kier molecular flexibility index (Phi) is 3.91. The Morgan fingerprint density at radius 1 is 1.39 bits per heavy atom. The van der Waals surface area contributed by atoms with Gasteiger partial charge in [0.05, 0.1) is 0 Å². The first kappa shape index (κ1) is 13.3. The van der Waals surface area contributed by atoms with Gasteiger partial charge in [-0.3, -0.25) is 0 Å². The van der Waals surface area contributed by atoms with E-state index in [0.29, 0.717) is 18.0 Å². The van der Waals surface area contributed by atoms with Gasteiger partial charge in [-0.05, 0) is 37.2 Å². The van der Waals surface area contributed by atoms with Gasteiger partial charge in [0.1, 0.15) is 5.82 Å². The number of aromatic nitrogens is 1. The van der Waals surface area contributed by atoms with Gasteiger partial charge in [-0.25, -0.2) is 4.98 Å². The minimum atomic E-state index is 0.512. The van der Waals surface area contributed by atoms with E-state index in [0.717, 1.165) is 11.4 Å². The van der Waals surface area contributed by atoms with Crippen LogP contribution in [0.25, 0.3) is 0 Å². The third kappa shape index (κ3) is 2.83. The van der Waals surface area contributed by atoms with Crippen LogP contribution < -0.4 is 10.6 Å². The van der Waals surface area contributed by atoms with Crippen LogP contribution in [0.2, 0.25) is 0 Å². The summed E-state index contributed by atoms with van der Waals surface area (Å²) in [4.78, 5) is 6.84. The highest BCUT2D eigenvalue weighted by Crippen LogP contribution is 2.37. The van der Waals surface area contributed by atoms with E-state index in [4.69, 9.17) is 5.73 Å². The maximum Gasteiger partial charge on any atom is 0.132 e. The lowest BCUT2D eigenvalue weighted by Crippen LogP contribution is -2.38. The van der Waals surface area contributed by atoms with Gasteiger partial charge in [0, 0.05) is 31.4 Å². The smallest absolute Gasteiger partial charge is 0.132 e. The van der Waals surface area contributed by atoms with Crippen LogP contribution in [0.4, 0.5) is 5.82 Å². The summed E-state index contributed by atoms with van der Waals surface area (Å²) in [5, 5.41) is 0. The topological polar surface area (TPSA) is 42.2 Å². The largest absolute Gasteiger partial charge is 0.356 e. The third-order valence-corrected chi connectivity index (χ3v) is 4.28. The molecule has 1 fully saturated rings. The monoisotopic (exact) mass is 247 g/mol. The molecule has 0 aromatic carbocycles. The van der Waals surface area contributed by atoms with E-state index in [1.807, 2.05) is 12.3 Å². The molecule has 100 valence electrons. The molecule has 0 amide bonds. The second-order valence-corrected chi connectivity index (χ2v) is 6.20. The summed E-state index contributed by atoms with van der Waals surface area (Å²) in [7, 11) is 2.16. The Labute approximate surface area is 110 Å². The van der Waals surface area contributed by atoms with Crippen molar-refractivity contribution < 1.29 is 0 Å². The predicted molar refractivity (Wildman–Crippen MR) is 76.6 cm³/mol. The standard InChI is InChI=1S/C15H25N3/c1-15(2)8-6-13(7-9-15)18(3)14-12(11-16)5-4-10-17-14/h4-5,10,13H,6-9,11,16H2,1-3H3. The van der Waals surface area contributed by atoms with E-state index in [2.05, 4.69) is 36.8 Å². The van der Waals surface area contributed by atoms with Gasteiger partial charge < -0.3 is 10.6 Å². The molecule has 18 heavy (non-hydrogen) atoms. The molecule has 1 heterocycles. The minimum Gasteiger partial charge on any atom is -0.356 e. The van der Waals surface area contributed by atoms with Gasteiger partial charge in [0.2, 0.25) is 0 Å². The van der Waals surface area contributed by atoms with E-state index < -0.39 is 0 Å². The lowest BCUT2D eigenvalue weighted by Gasteiger charge is -2.39. The van der Waals surface area contributed by atoms with Crippen LogP contribution in [0.1, 0.15) is 45.1 Å². The summed E-state index contributed by atoms with van der Waals surface area (Å²) < 4.78 is 0. The highest BCUT2D eigenvalue weighted by Gasteiger charge is 2.29. The average Bonchev–Trinajstić information content (AvgIpc) is 2.38. The fraction of sp³-hybridized carbons (Fsp3) is 0.667. The minimum absolute atomic E-state index is 0.512. The van der Waals surface area contributed by atoms with E-state index in [1.54, 1.807) is 0 Å². The summed E-state index contributed by atoms with van der Waals surface area (Å²) in [5.74, 6) is 1.06. The summed E-state index contributed by atoms with van der Waals surface area (Å²) in [6, 6.07) is 4.65. The van der Waals surface area contributed by atoms with Crippen molar-refractivity contribution >= 4 is 5.82 Å². The summed E-state index contributed by atoms with van der Waals surface area (Å²) >= 11 is 0. The van der Waals surface area contributed by atoms with Crippen molar-refractivity contribution in [3.8, 4) is 0 Å². The number of anilines is 1. The quantitative estimate of drug-likeness (QED) is 0.893. The highest BCUT2D eigenvalue weighted by atomic mass is 15.2. The van der Waals surface area contributed by atoms with Crippen molar-refractivity contribution in [2.45, 2.75) is 52.1 Å². The average molecular weight is 247 g/mol. The van der Waals surface area contributed by atoms with Crippen LogP contribution in [-0.4, -0.2) is 18.1 Å². The van der Waals surface area contributed by atoms with Crippen molar-refractivity contribution in [3.05, 3.63) is 23.9 Å². The van der Waals surface area contributed by atoms with Gasteiger partial charge in [-0.1, -0.05) is 19.9 Å². The zero-order valence-corrected chi connectivity index (χ0v) is 11.8. The van der Waals surface area contributed by atoms with Gasteiger partial charge in [0.25, 0.3) is 0 Å². The molecule has 0 spiro atoms. The lowest BCUT2D eigenvalue weighted by molar-refractivity contribution is 0.222. The lowest BCUT2D eigenvalue weighted by atomic mass is 9.75. The zero-order valence-electron chi connectivity index (χ0n) is 11.8. The second kappa shape index (κ2) is 5.27. The molecule has 0 aliphatic heterocycles. The Bertz CT molecular complexity index is 390. The first-order valence-corrected chi connectivity index (χ1v) is 6.90. The molecule has 1 aromatic rings. The first-order chi connectivity index (χ1) is 8.53. The molecule has 2 N–H and O–H groups in total. The van der Waals surface area contributed by atoms with Crippen LogP contribution >= 0.6 is 0 Å². The normalized spacial score (nSPS) is 19.8. The van der Waals surface area contributed by atoms with Crippen LogP contribution in [0, 0.1) is 5.41 Å². The molecule has 0 saturated heterocycles. The summed E-state index contributed by atoms with van der Waals surface area (Å²) in [6.07, 6.45) is 6.96. The number of rotatable bonds is 3. The molecule has 1 aliphatic carbocycles. The van der Waals surface area contributed by atoms with Crippen molar-refractivity contribution in [2.24, 2.45) is 11.1 Å². The molecule has 1 aliphatic rings. The fourth-order valence-electron chi connectivity index (χ4n) is 2.85. The molecular weight excluding hydrogens is 222 g/mol. The Balaban J connectivity index is 2.10. The number of hydrogen-bond donors (Lipinski definition) is 1. The SMILES string of the molecule is CN(c1ncccc1CN)C1CCC(C)(C)CC1. The Morgan fingerprint density at radius 2 is 2.06 bits per heavy atom. The molecule has 1 saturated carbocycles. The number of hydrogen-bond acceptors (Lipinski definition) is 3. The molecular formula is C15H25N3. The second-order valence-electron chi connectivity index (χ2n) is 6.20. The molecule has 0 radical (unpaired) electrons. The molecule has 3 nitrogen and oxygen atoms in total. The van der Waals surface area contributed by atoms with Crippen LogP contribution in [-0.2, 0) is 6.54 Å². The molecule has 0 atom stereocenters. The third-order valence-electron chi connectivity index (χ3n) is 4.28. The van der Waals surface area contributed by atoms with Gasteiger partial charge >= 0.3 is 0 Å². The molecule has 3 heteroatoms. The van der Waals surface area contributed by atoms with Crippen LogP contribution in [0.5, 0.6) is 0 Å². The predicted octanol–water partition coefficient (Wildman–Crippen LogP) is 2.95. The van der Waals surface area contributed by atoms with Crippen molar-refractivity contribution in [1.29, 1.82) is 0 Å². The first-order valence-electron chi connectivity index (χ1n) is 6.90. The van der Waals surface area contributed by atoms with Crippen LogP contribution in [0.15, 0.2) is 18.3 Å². The van der Waals surface area contributed by atoms with E-state index >= 15 is 0 Å². The highest BCUT2D eigenvalue weighted by molar-refractivity contribution is 5.46. The summed E-state index contributed by atoms with van der Waals surface area (Å²) in [6.45, 7) is 5.30. The van der Waals surface area contributed by atoms with Crippen LogP contribution in [0.3, 0.4) is 0 Å². The van der Waals surface area contributed by atoms with E-state index in [1.165, 1.54) is 25.7 Å². The molecule has 2 rings (SSSR count). The molecule has 0 bridgehead atoms. The van der Waals surface area contributed by atoms with Crippen molar-refractivity contribution in [2.75, 3.05) is 11.9 Å². The van der Waals surface area contributed by atoms with Gasteiger partial charge in [-0.2, -0.15) is 0 Å². The van der Waals surface area contributed by atoms with E-state index in [9.17, 15) is 0 Å². The van der Waals surface area contributed by atoms with Crippen molar-refractivity contribution in [1.82, 2.24) is 4.98 Å². The van der Waals surface area contributed by atoms with Gasteiger partial charge in [-0.15, -0.1) is 0 Å². The maximum absolute atomic E-state index is 5.79. The number of nitrogens with zero attached hydrogens (tertiary/aromatic N) is 2. The Hall–Kier alpha value is -1.09. The van der Waals surface area contributed by atoms with Gasteiger partial charge in [0.15, 0.2) is 0 Å². The number of pyridine rings is 1. The number of nitrogens with two attached hydrogens (primary N) is 1. The Morgan fingerprint density at radius 3 is 2.67 bits per heavy atom. The fourth-order valence-corrected chi connectivity index (χ4v) is 2.85. The molecule has 0 unspecified atom stereocenters. The van der Waals surface area contributed by atoms with Crippen molar-refractivity contribution in [3.63, 3.8) is 0 Å². The summed E-state index contributed by atoms with van der Waals surface area (Å²) in [5.41, 5.74) is 7.45. The van der Waals surface area contributed by atoms with E-state index in [-0.39, 0.29) is 0 Å². The zero-order chi connectivity index (χ0) is 13.2. The maximum atomic E-state index is 5.79. The molecule has 1 aromatic heterocycles.